The minimum atomic E-state index is -4.53. The van der Waals surface area contributed by atoms with Gasteiger partial charge in [-0.1, -0.05) is 19.9 Å². The number of fused-ring (bicyclic) bond motifs is 3. The van der Waals surface area contributed by atoms with Crippen LogP contribution in [0, 0.1) is 12.8 Å². The fraction of sp³-hybridized carbons (Fsp3) is 0.320. The zero-order chi connectivity index (χ0) is 24.6. The van der Waals surface area contributed by atoms with Crippen molar-refractivity contribution in [2.75, 3.05) is 6.54 Å². The zero-order valence-corrected chi connectivity index (χ0v) is 19.8. The summed E-state index contributed by atoms with van der Waals surface area (Å²) in [5.74, 6) is -0.356. The van der Waals surface area contributed by atoms with Gasteiger partial charge in [0.25, 0.3) is 5.91 Å². The Labute approximate surface area is 199 Å². The molecule has 3 aromatic rings. The Morgan fingerprint density at radius 2 is 2.00 bits per heavy atom. The number of amides is 1. The summed E-state index contributed by atoms with van der Waals surface area (Å²) in [4.78, 5) is 31.2. The maximum atomic E-state index is 13.6. The van der Waals surface area contributed by atoms with Crippen molar-refractivity contribution in [2.45, 2.75) is 43.5 Å². The molecule has 1 aliphatic heterocycles. The highest BCUT2D eigenvalue weighted by Gasteiger charge is 2.34. The lowest BCUT2D eigenvalue weighted by atomic mass is 10.0. The van der Waals surface area contributed by atoms with Crippen molar-refractivity contribution in [1.29, 1.82) is 0 Å². The number of hydrogen-bond donors (Lipinski definition) is 1. The summed E-state index contributed by atoms with van der Waals surface area (Å²) in [5, 5.41) is 2.49. The molecular weight excluding hydrogens is 463 g/mol. The summed E-state index contributed by atoms with van der Waals surface area (Å²) in [6, 6.07) is 10.3. The molecule has 5 nitrogen and oxygen atoms in total. The van der Waals surface area contributed by atoms with Crippen molar-refractivity contribution in [3.8, 4) is 5.69 Å². The maximum absolute atomic E-state index is 13.6. The molecule has 3 heterocycles. The van der Waals surface area contributed by atoms with Crippen LogP contribution in [0.5, 0.6) is 0 Å². The Balaban J connectivity index is 1.98. The highest BCUT2D eigenvalue weighted by atomic mass is 32.2. The molecule has 1 aromatic carbocycles. The lowest BCUT2D eigenvalue weighted by molar-refractivity contribution is -0.137. The van der Waals surface area contributed by atoms with Gasteiger partial charge in [-0.3, -0.25) is 14.6 Å². The standard InChI is InChI=1S/C25H24F3N3O2S/c1-14(2)13-30-24(33)23-19-12-22(17-6-4-5-9-29-17)34-21-8-7-16(25(26,27)28)11-18(21)31(19)15(3)10-20(23)32/h4-11,14,22H,12-13H2,1-3H3,(H,30,33). The lowest BCUT2D eigenvalue weighted by Crippen LogP contribution is -2.34. The molecule has 1 amide bonds. The van der Waals surface area contributed by atoms with Crippen LogP contribution in [0.4, 0.5) is 13.2 Å². The van der Waals surface area contributed by atoms with Crippen molar-refractivity contribution >= 4 is 17.7 Å². The fourth-order valence-electron chi connectivity index (χ4n) is 4.02. The first-order valence-corrected chi connectivity index (χ1v) is 11.8. The number of benzene rings is 1. The quantitative estimate of drug-likeness (QED) is 0.540. The fourth-order valence-corrected chi connectivity index (χ4v) is 5.25. The zero-order valence-electron chi connectivity index (χ0n) is 18.9. The van der Waals surface area contributed by atoms with Gasteiger partial charge >= 0.3 is 6.18 Å². The number of thioether (sulfide) groups is 1. The van der Waals surface area contributed by atoms with Crippen molar-refractivity contribution in [3.05, 3.63) is 87.1 Å². The molecule has 2 aromatic heterocycles. The van der Waals surface area contributed by atoms with Gasteiger partial charge in [-0.25, -0.2) is 0 Å². The van der Waals surface area contributed by atoms with E-state index in [0.29, 0.717) is 34.2 Å². The number of hydrogen-bond acceptors (Lipinski definition) is 4. The molecule has 1 aliphatic rings. The Hall–Kier alpha value is -3.07. The van der Waals surface area contributed by atoms with E-state index in [0.717, 1.165) is 12.1 Å². The van der Waals surface area contributed by atoms with Crippen molar-refractivity contribution in [3.63, 3.8) is 0 Å². The number of pyridine rings is 2. The van der Waals surface area contributed by atoms with Crippen molar-refractivity contribution in [2.24, 2.45) is 5.92 Å². The number of aromatic nitrogens is 2. The van der Waals surface area contributed by atoms with E-state index >= 15 is 0 Å². The van der Waals surface area contributed by atoms with E-state index in [-0.39, 0.29) is 23.2 Å². The smallest absolute Gasteiger partial charge is 0.352 e. The Kier molecular flexibility index (Phi) is 6.58. The first-order valence-electron chi connectivity index (χ1n) is 10.9. The number of alkyl halides is 3. The second-order valence-electron chi connectivity index (χ2n) is 8.66. The number of carbonyl (C=O) groups excluding carboxylic acids is 1. The summed E-state index contributed by atoms with van der Waals surface area (Å²) in [5.41, 5.74) is 0.565. The third-order valence-electron chi connectivity index (χ3n) is 5.59. The molecule has 0 spiro atoms. The van der Waals surface area contributed by atoms with E-state index in [2.05, 4.69) is 10.3 Å². The van der Waals surface area contributed by atoms with E-state index in [9.17, 15) is 22.8 Å². The average molecular weight is 488 g/mol. The molecule has 4 rings (SSSR count). The lowest BCUT2D eigenvalue weighted by Gasteiger charge is -2.21. The summed E-state index contributed by atoms with van der Waals surface area (Å²) >= 11 is 1.38. The van der Waals surface area contributed by atoms with E-state index in [1.54, 1.807) is 23.8 Å². The molecule has 0 saturated carbocycles. The van der Waals surface area contributed by atoms with Crippen LogP contribution in [0.1, 0.15) is 52.1 Å². The predicted molar refractivity (Wildman–Crippen MR) is 125 cm³/mol. The highest BCUT2D eigenvalue weighted by Crippen LogP contribution is 2.45. The molecule has 0 radical (unpaired) electrons. The monoisotopic (exact) mass is 487 g/mol. The predicted octanol–water partition coefficient (Wildman–Crippen LogP) is 5.34. The summed E-state index contributed by atoms with van der Waals surface area (Å²) in [6.45, 7) is 5.91. The van der Waals surface area contributed by atoms with E-state index in [1.807, 2.05) is 26.0 Å². The molecule has 0 fully saturated rings. The maximum Gasteiger partial charge on any atom is 0.416 e. The first kappa shape index (κ1) is 24.1. The molecule has 0 aliphatic carbocycles. The van der Waals surface area contributed by atoms with Crippen LogP contribution < -0.4 is 10.7 Å². The Bertz CT molecular complexity index is 1290. The normalized spacial score (nSPS) is 15.4. The van der Waals surface area contributed by atoms with Gasteiger partial charge in [0.15, 0.2) is 5.43 Å². The van der Waals surface area contributed by atoms with Crippen LogP contribution in [0.2, 0.25) is 0 Å². The molecule has 34 heavy (non-hydrogen) atoms. The minimum absolute atomic E-state index is 0.0435. The number of nitrogens with one attached hydrogen (secondary N) is 1. The number of halogens is 3. The van der Waals surface area contributed by atoms with Gasteiger partial charge in [-0.05, 0) is 43.2 Å². The second-order valence-corrected chi connectivity index (χ2v) is 9.90. The van der Waals surface area contributed by atoms with Gasteiger partial charge in [-0.2, -0.15) is 13.2 Å². The highest BCUT2D eigenvalue weighted by molar-refractivity contribution is 7.99. The molecule has 9 heteroatoms. The topological polar surface area (TPSA) is 64.0 Å². The van der Waals surface area contributed by atoms with Gasteiger partial charge in [-0.15, -0.1) is 11.8 Å². The van der Waals surface area contributed by atoms with Crippen LogP contribution >= 0.6 is 11.8 Å². The second kappa shape index (κ2) is 9.29. The van der Waals surface area contributed by atoms with Crippen molar-refractivity contribution in [1.82, 2.24) is 14.9 Å². The van der Waals surface area contributed by atoms with Gasteiger partial charge in [0, 0.05) is 41.5 Å². The summed E-state index contributed by atoms with van der Waals surface area (Å²) in [6.07, 6.45) is -2.63. The Morgan fingerprint density at radius 3 is 2.65 bits per heavy atom. The molecule has 178 valence electrons. The van der Waals surface area contributed by atoms with Crippen LogP contribution in [0.3, 0.4) is 0 Å². The van der Waals surface area contributed by atoms with Crippen LogP contribution in [-0.4, -0.2) is 22.0 Å². The van der Waals surface area contributed by atoms with Gasteiger partial charge in [0.1, 0.15) is 5.56 Å². The van der Waals surface area contributed by atoms with Crippen LogP contribution in [0.25, 0.3) is 5.69 Å². The van der Waals surface area contributed by atoms with Gasteiger partial charge in [0.05, 0.1) is 22.2 Å². The molecular formula is C25H24F3N3O2S. The van der Waals surface area contributed by atoms with Crippen LogP contribution in [0.15, 0.2) is 58.4 Å². The van der Waals surface area contributed by atoms with Crippen LogP contribution in [-0.2, 0) is 12.6 Å². The average Bonchev–Trinajstić information content (AvgIpc) is 2.94. The first-order chi connectivity index (χ1) is 16.1. The van der Waals surface area contributed by atoms with Gasteiger partial charge in [0.2, 0.25) is 0 Å². The summed E-state index contributed by atoms with van der Waals surface area (Å²) < 4.78 is 42.4. The Morgan fingerprint density at radius 1 is 1.24 bits per heavy atom. The van der Waals surface area contributed by atoms with Gasteiger partial charge < -0.3 is 9.88 Å². The molecule has 1 atom stereocenters. The largest absolute Gasteiger partial charge is 0.416 e. The summed E-state index contributed by atoms with van der Waals surface area (Å²) in [7, 11) is 0. The molecule has 1 unspecified atom stereocenters. The molecule has 1 N–H and O–H groups in total. The van der Waals surface area contributed by atoms with Crippen molar-refractivity contribution < 1.29 is 18.0 Å². The van der Waals surface area contributed by atoms with E-state index in [1.165, 1.54) is 23.9 Å². The number of carbonyl (C=O) groups is 1. The minimum Gasteiger partial charge on any atom is -0.352 e. The number of rotatable bonds is 4. The van der Waals surface area contributed by atoms with E-state index in [4.69, 9.17) is 0 Å². The third kappa shape index (κ3) is 4.75. The number of nitrogens with zero attached hydrogens (tertiary/aromatic N) is 2. The SMILES string of the molecule is Cc1cc(=O)c(C(=O)NCC(C)C)c2n1-c1cc(C(F)(F)F)ccc1SC(c1ccccn1)C2. The molecule has 0 bridgehead atoms. The molecule has 0 saturated heterocycles. The number of aryl methyl sites for hydroxylation is 1. The van der Waals surface area contributed by atoms with E-state index < -0.39 is 23.1 Å². The third-order valence-corrected chi connectivity index (χ3v) is 6.88.